The summed E-state index contributed by atoms with van der Waals surface area (Å²) in [6, 6.07) is 0. The van der Waals surface area contributed by atoms with Gasteiger partial charge in [0.15, 0.2) is 0 Å². The van der Waals surface area contributed by atoms with Gasteiger partial charge < -0.3 is 0 Å². The summed E-state index contributed by atoms with van der Waals surface area (Å²) in [5, 5.41) is 0. The van der Waals surface area contributed by atoms with Crippen LogP contribution in [0.5, 0.6) is 0 Å². The topological polar surface area (TPSA) is 34.1 Å². The molecule has 0 saturated heterocycles. The predicted octanol–water partition coefficient (Wildman–Crippen LogP) is 0.232. The Morgan fingerprint density at radius 1 is 1.00 bits per heavy atom. The minimum Gasteiger partial charge on any atom is -0.291 e. The fraction of sp³-hybridized carbons (Fsp3) is 0.667. The van der Waals surface area contributed by atoms with E-state index < -0.39 is 0 Å². The molecule has 1 aliphatic rings. The molecule has 0 aromatic heterocycles. The summed E-state index contributed by atoms with van der Waals surface area (Å²) in [7, 11) is 0. The molecular formula is C6H6O2. The lowest BCUT2D eigenvalue weighted by Gasteiger charge is -2.25. The second kappa shape index (κ2) is 2.07. The summed E-state index contributed by atoms with van der Waals surface area (Å²) in [4.78, 5) is 19.7. The van der Waals surface area contributed by atoms with Crippen molar-refractivity contribution in [3.05, 3.63) is 0 Å². The Labute approximate surface area is 47.9 Å². The van der Waals surface area contributed by atoms with Crippen LogP contribution in [0, 0.1) is 11.8 Å². The molecule has 2 heteroatoms. The molecule has 2 atom stereocenters. The van der Waals surface area contributed by atoms with Crippen LogP contribution in [0.4, 0.5) is 0 Å². The van der Waals surface area contributed by atoms with Gasteiger partial charge in [0.25, 0.3) is 0 Å². The molecule has 0 amide bonds. The Kier molecular flexibility index (Phi) is 1.42. The van der Waals surface area contributed by atoms with E-state index in [2.05, 4.69) is 0 Å². The van der Waals surface area contributed by atoms with Gasteiger partial charge in [0, 0.05) is 11.8 Å². The van der Waals surface area contributed by atoms with Crippen LogP contribution in [0.2, 0.25) is 0 Å². The maximum absolute atomic E-state index is 9.85. The van der Waals surface area contributed by atoms with Crippen LogP contribution in [-0.2, 0) is 9.59 Å². The van der Waals surface area contributed by atoms with Crippen LogP contribution < -0.4 is 0 Å². The fourth-order valence-corrected chi connectivity index (χ4v) is 0.782. The first-order chi connectivity index (χ1) is 3.88. The maximum Gasteiger partial charge on any atom is 0.202 e. The summed E-state index contributed by atoms with van der Waals surface area (Å²) in [5.41, 5.74) is 0. The van der Waals surface area contributed by atoms with E-state index in [0.717, 1.165) is 12.8 Å². The number of carbonyl (C=O) groups excluding carboxylic acids is 2. The van der Waals surface area contributed by atoms with E-state index in [1.807, 2.05) is 0 Å². The van der Waals surface area contributed by atoms with Crippen molar-refractivity contribution in [2.45, 2.75) is 12.8 Å². The van der Waals surface area contributed by atoms with Gasteiger partial charge in [-0.25, -0.2) is 0 Å². The molecule has 1 rings (SSSR count). The van der Waals surface area contributed by atoms with Crippen molar-refractivity contribution in [2.24, 2.45) is 11.8 Å². The van der Waals surface area contributed by atoms with Gasteiger partial charge in [-0.1, -0.05) is 0 Å². The lowest BCUT2D eigenvalue weighted by Crippen LogP contribution is -2.27. The van der Waals surface area contributed by atoms with Crippen LogP contribution in [0.1, 0.15) is 12.8 Å². The molecular weight excluding hydrogens is 104 g/mol. The minimum absolute atomic E-state index is 0.132. The Morgan fingerprint density at radius 2 is 1.38 bits per heavy atom. The van der Waals surface area contributed by atoms with Crippen molar-refractivity contribution >= 4 is 12.6 Å². The van der Waals surface area contributed by atoms with Crippen LogP contribution in [-0.4, -0.2) is 12.6 Å². The molecule has 2 nitrogen and oxygen atoms in total. The normalized spacial score (nSPS) is 35.5. The van der Waals surface area contributed by atoms with Gasteiger partial charge in [0.2, 0.25) is 12.6 Å². The molecule has 0 unspecified atom stereocenters. The molecule has 42 valence electrons. The van der Waals surface area contributed by atoms with Crippen LogP contribution in [0.25, 0.3) is 0 Å². The van der Waals surface area contributed by atoms with E-state index in [9.17, 15) is 9.59 Å². The summed E-state index contributed by atoms with van der Waals surface area (Å²) in [6.45, 7) is 0. The number of rotatable bonds is 2. The molecule has 1 aliphatic carbocycles. The Hall–Kier alpha value is -0.660. The average molecular weight is 110 g/mol. The third-order valence-electron chi connectivity index (χ3n) is 1.58. The van der Waals surface area contributed by atoms with Crippen molar-refractivity contribution in [1.29, 1.82) is 0 Å². The lowest BCUT2D eigenvalue weighted by molar-refractivity contribution is 0.305. The van der Waals surface area contributed by atoms with E-state index in [1.165, 1.54) is 0 Å². The first kappa shape index (κ1) is 5.48. The highest BCUT2D eigenvalue weighted by molar-refractivity contribution is 5.67. The zero-order chi connectivity index (χ0) is 5.98. The molecule has 0 aliphatic heterocycles. The van der Waals surface area contributed by atoms with Crippen molar-refractivity contribution < 1.29 is 9.59 Å². The second-order valence-electron chi connectivity index (χ2n) is 2.03. The van der Waals surface area contributed by atoms with Gasteiger partial charge in [0.1, 0.15) is 0 Å². The smallest absolute Gasteiger partial charge is 0.202 e. The van der Waals surface area contributed by atoms with Crippen molar-refractivity contribution in [3.63, 3.8) is 0 Å². The van der Waals surface area contributed by atoms with Crippen LogP contribution >= 0.6 is 0 Å². The van der Waals surface area contributed by atoms with Gasteiger partial charge in [-0.3, -0.25) is 9.59 Å². The second-order valence-corrected chi connectivity index (χ2v) is 2.03. The number of hydrogen-bond acceptors (Lipinski definition) is 2. The molecule has 0 aromatic carbocycles. The van der Waals surface area contributed by atoms with Crippen molar-refractivity contribution in [1.82, 2.24) is 0 Å². The van der Waals surface area contributed by atoms with Crippen LogP contribution in [0.15, 0.2) is 0 Å². The monoisotopic (exact) mass is 110 g/mol. The molecule has 0 spiro atoms. The quantitative estimate of drug-likeness (QED) is 0.510. The Bertz CT molecular complexity index is 95.1. The fourth-order valence-electron chi connectivity index (χ4n) is 0.782. The van der Waals surface area contributed by atoms with Gasteiger partial charge in [-0.2, -0.15) is 0 Å². The van der Waals surface area contributed by atoms with Crippen molar-refractivity contribution in [2.75, 3.05) is 0 Å². The molecule has 0 N–H and O–H groups in total. The Balaban J connectivity index is 2.36. The first-order valence-corrected chi connectivity index (χ1v) is 2.64. The Morgan fingerprint density at radius 3 is 1.50 bits per heavy atom. The first-order valence-electron chi connectivity index (χ1n) is 2.64. The molecule has 1 fully saturated rings. The summed E-state index contributed by atoms with van der Waals surface area (Å²) >= 11 is 0. The van der Waals surface area contributed by atoms with E-state index in [-0.39, 0.29) is 11.8 Å². The zero-order valence-corrected chi connectivity index (χ0v) is 4.39. The highest BCUT2D eigenvalue weighted by atomic mass is 16.1. The van der Waals surface area contributed by atoms with Crippen molar-refractivity contribution in [3.8, 4) is 0 Å². The summed E-state index contributed by atoms with van der Waals surface area (Å²) < 4.78 is 0. The summed E-state index contributed by atoms with van der Waals surface area (Å²) in [5.74, 6) is -0.264. The van der Waals surface area contributed by atoms with E-state index in [1.54, 1.807) is 12.6 Å². The standard InChI is InChI=1S/C6H6O2/c7-3-5-1-2-6(5)4-8/h5-6H,1-2H2/t5-,6-/m0/s1. The lowest BCUT2D eigenvalue weighted by atomic mass is 9.76. The highest BCUT2D eigenvalue weighted by Gasteiger charge is 2.31. The highest BCUT2D eigenvalue weighted by Crippen LogP contribution is 2.30. The van der Waals surface area contributed by atoms with Gasteiger partial charge >= 0.3 is 0 Å². The third kappa shape index (κ3) is 0.661. The van der Waals surface area contributed by atoms with Gasteiger partial charge in [-0.05, 0) is 12.8 Å². The largest absolute Gasteiger partial charge is 0.291 e. The molecule has 1 saturated carbocycles. The predicted molar refractivity (Wildman–Crippen MR) is 27.6 cm³/mol. The van der Waals surface area contributed by atoms with Crippen LogP contribution in [0.3, 0.4) is 0 Å². The van der Waals surface area contributed by atoms with E-state index in [0.29, 0.717) is 0 Å². The van der Waals surface area contributed by atoms with E-state index >= 15 is 0 Å². The molecule has 0 aromatic rings. The third-order valence-corrected chi connectivity index (χ3v) is 1.58. The van der Waals surface area contributed by atoms with E-state index in [4.69, 9.17) is 0 Å². The SMILES string of the molecule is O=[C][C@@H]1CC[C@H]1[C]=O. The summed E-state index contributed by atoms with van der Waals surface area (Å²) in [6.07, 6.45) is 5.23. The molecule has 8 heavy (non-hydrogen) atoms. The molecule has 0 heterocycles. The zero-order valence-electron chi connectivity index (χ0n) is 4.39. The maximum atomic E-state index is 9.85. The molecule has 0 bridgehead atoms. The minimum atomic E-state index is -0.132. The average Bonchev–Trinajstić information content (AvgIpc) is 1.66. The molecule has 2 radical (unpaired) electrons. The number of hydrogen-bond donors (Lipinski definition) is 0. The van der Waals surface area contributed by atoms with Gasteiger partial charge in [-0.15, -0.1) is 0 Å². The van der Waals surface area contributed by atoms with Gasteiger partial charge in [0.05, 0.1) is 0 Å².